The maximum Gasteiger partial charge on any atom is 0.223 e. The Bertz CT molecular complexity index is 1190. The molecule has 6 heteroatoms. The van der Waals surface area contributed by atoms with Crippen LogP contribution in [0.5, 0.6) is 5.75 Å². The van der Waals surface area contributed by atoms with Gasteiger partial charge in [0.2, 0.25) is 5.91 Å². The van der Waals surface area contributed by atoms with Crippen molar-refractivity contribution < 1.29 is 14.6 Å². The number of aliphatic hydroxyl groups is 1. The third-order valence-electron chi connectivity index (χ3n) is 8.43. The summed E-state index contributed by atoms with van der Waals surface area (Å²) in [6, 6.07) is 16.6. The molecule has 2 N–H and O–H groups in total. The minimum atomic E-state index is -0.456. The second kappa shape index (κ2) is 11.8. The SMILES string of the molecule is COc1ccc(C2CCC(C(NC(=O)C3CCCCC3)c3cccc(-c4ccsn4)c3)CC2O)cc1C. The van der Waals surface area contributed by atoms with Crippen molar-refractivity contribution >= 4 is 17.4 Å². The van der Waals surface area contributed by atoms with Crippen LogP contribution in [0.15, 0.2) is 53.9 Å². The fourth-order valence-electron chi connectivity index (χ4n) is 6.36. The first-order valence-corrected chi connectivity index (χ1v) is 14.5. The van der Waals surface area contributed by atoms with Gasteiger partial charge in [0, 0.05) is 22.8 Å². The molecule has 2 aromatic carbocycles. The van der Waals surface area contributed by atoms with Crippen molar-refractivity contribution in [2.24, 2.45) is 11.8 Å². The van der Waals surface area contributed by atoms with Crippen LogP contribution in [0.4, 0.5) is 0 Å². The van der Waals surface area contributed by atoms with Gasteiger partial charge in [-0.2, -0.15) is 4.37 Å². The molecule has 2 fully saturated rings. The van der Waals surface area contributed by atoms with Crippen molar-refractivity contribution in [3.63, 3.8) is 0 Å². The van der Waals surface area contributed by atoms with E-state index in [4.69, 9.17) is 4.74 Å². The molecule has 37 heavy (non-hydrogen) atoms. The van der Waals surface area contributed by atoms with Gasteiger partial charge in [0.05, 0.1) is 24.9 Å². The lowest BCUT2D eigenvalue weighted by atomic mass is 9.72. The van der Waals surface area contributed by atoms with Crippen molar-refractivity contribution in [1.82, 2.24) is 9.69 Å². The molecule has 0 radical (unpaired) electrons. The van der Waals surface area contributed by atoms with Gasteiger partial charge in [0.25, 0.3) is 0 Å². The number of hydrogen-bond donors (Lipinski definition) is 2. The first-order valence-electron chi connectivity index (χ1n) is 13.7. The molecule has 1 amide bonds. The number of nitrogens with one attached hydrogen (secondary N) is 1. The lowest BCUT2D eigenvalue weighted by Gasteiger charge is -2.38. The number of rotatable bonds is 7. The van der Waals surface area contributed by atoms with Crippen LogP contribution in [0.3, 0.4) is 0 Å². The monoisotopic (exact) mass is 518 g/mol. The molecule has 3 aromatic rings. The molecular weight excluding hydrogens is 480 g/mol. The van der Waals surface area contributed by atoms with Crippen molar-refractivity contribution in [3.8, 4) is 17.0 Å². The summed E-state index contributed by atoms with van der Waals surface area (Å²) in [4.78, 5) is 13.4. The zero-order valence-electron chi connectivity index (χ0n) is 21.9. The third kappa shape index (κ3) is 5.91. The first kappa shape index (κ1) is 25.9. The summed E-state index contributed by atoms with van der Waals surface area (Å²) in [5, 5.41) is 16.8. The molecular formula is C31H38N2O3S. The molecule has 2 aliphatic carbocycles. The second-order valence-electron chi connectivity index (χ2n) is 10.8. The standard InChI is InChI=1S/C31H38N2O3S/c1-20-17-22(12-14-29(20)36-2)26-13-11-25(19-28(26)34)30(32-31(35)21-7-4-3-5-8-21)24-10-6-9-23(18-24)27-15-16-37-33-27/h6,9-10,12,14-18,21,25-26,28,30,34H,3-5,7-8,11,13,19H2,1-2H3,(H,32,35). The van der Waals surface area contributed by atoms with Gasteiger partial charge in [-0.15, -0.1) is 0 Å². The lowest BCUT2D eigenvalue weighted by Crippen LogP contribution is -2.41. The minimum absolute atomic E-state index is 0.0943. The van der Waals surface area contributed by atoms with E-state index < -0.39 is 6.10 Å². The molecule has 196 valence electrons. The number of aliphatic hydroxyl groups excluding tert-OH is 1. The molecule has 0 saturated heterocycles. The number of ether oxygens (including phenoxy) is 1. The van der Waals surface area contributed by atoms with Crippen LogP contribution in [-0.2, 0) is 4.79 Å². The predicted molar refractivity (Wildman–Crippen MR) is 149 cm³/mol. The molecule has 2 saturated carbocycles. The van der Waals surface area contributed by atoms with Crippen LogP contribution < -0.4 is 10.1 Å². The number of amides is 1. The summed E-state index contributed by atoms with van der Waals surface area (Å²) in [5.74, 6) is 1.41. The summed E-state index contributed by atoms with van der Waals surface area (Å²) < 4.78 is 9.94. The molecule has 5 nitrogen and oxygen atoms in total. The number of benzene rings is 2. The van der Waals surface area contributed by atoms with E-state index in [2.05, 4.69) is 46.1 Å². The Hall–Kier alpha value is -2.70. The predicted octanol–water partition coefficient (Wildman–Crippen LogP) is 6.81. The van der Waals surface area contributed by atoms with E-state index in [-0.39, 0.29) is 29.7 Å². The fourth-order valence-corrected chi connectivity index (χ4v) is 6.89. The minimum Gasteiger partial charge on any atom is -0.496 e. The van der Waals surface area contributed by atoms with Crippen LogP contribution in [0.25, 0.3) is 11.3 Å². The highest BCUT2D eigenvalue weighted by Crippen LogP contribution is 2.43. The summed E-state index contributed by atoms with van der Waals surface area (Å²) in [6.45, 7) is 2.05. The Balaban J connectivity index is 1.38. The number of aryl methyl sites for hydroxylation is 1. The van der Waals surface area contributed by atoms with E-state index in [0.29, 0.717) is 6.42 Å². The van der Waals surface area contributed by atoms with E-state index in [1.54, 1.807) is 7.11 Å². The van der Waals surface area contributed by atoms with Gasteiger partial charge in [-0.3, -0.25) is 4.79 Å². The van der Waals surface area contributed by atoms with Gasteiger partial charge in [-0.05, 0) is 91.4 Å². The summed E-state index contributed by atoms with van der Waals surface area (Å²) >= 11 is 1.45. The van der Waals surface area contributed by atoms with Gasteiger partial charge in [0.15, 0.2) is 0 Å². The maximum atomic E-state index is 13.4. The molecule has 4 unspecified atom stereocenters. The first-order chi connectivity index (χ1) is 18.0. The van der Waals surface area contributed by atoms with Crippen LogP contribution >= 0.6 is 11.5 Å². The highest BCUT2D eigenvalue weighted by molar-refractivity contribution is 7.03. The largest absolute Gasteiger partial charge is 0.496 e. The Morgan fingerprint density at radius 3 is 2.62 bits per heavy atom. The van der Waals surface area contributed by atoms with Crippen molar-refractivity contribution in [2.75, 3.05) is 7.11 Å². The number of aromatic nitrogens is 1. The highest BCUT2D eigenvalue weighted by Gasteiger charge is 2.36. The second-order valence-corrected chi connectivity index (χ2v) is 11.5. The molecule has 0 aliphatic heterocycles. The van der Waals surface area contributed by atoms with Crippen molar-refractivity contribution in [1.29, 1.82) is 0 Å². The Morgan fingerprint density at radius 2 is 1.92 bits per heavy atom. The van der Waals surface area contributed by atoms with E-state index in [1.807, 2.05) is 24.4 Å². The number of nitrogens with zero attached hydrogens (tertiary/aromatic N) is 1. The topological polar surface area (TPSA) is 71.5 Å². The third-order valence-corrected chi connectivity index (χ3v) is 8.99. The summed E-state index contributed by atoms with van der Waals surface area (Å²) in [7, 11) is 1.69. The Labute approximate surface area is 224 Å². The number of carbonyl (C=O) groups is 1. The number of hydrogen-bond acceptors (Lipinski definition) is 5. The average Bonchev–Trinajstić information content (AvgIpc) is 3.47. The van der Waals surface area contributed by atoms with Crippen LogP contribution in [0, 0.1) is 18.8 Å². The summed E-state index contributed by atoms with van der Waals surface area (Å²) in [6.07, 6.45) is 7.48. The molecule has 5 rings (SSSR count). The van der Waals surface area contributed by atoms with Crippen molar-refractivity contribution in [3.05, 3.63) is 70.6 Å². The number of carbonyl (C=O) groups excluding carboxylic acids is 1. The van der Waals surface area contributed by atoms with Gasteiger partial charge in [-0.1, -0.05) is 49.6 Å². The quantitative estimate of drug-likeness (QED) is 0.360. The van der Waals surface area contributed by atoms with E-state index in [1.165, 1.54) is 18.0 Å². The van der Waals surface area contributed by atoms with Gasteiger partial charge >= 0.3 is 0 Å². The normalized spacial score (nSPS) is 23.4. The van der Waals surface area contributed by atoms with Crippen LogP contribution in [0.2, 0.25) is 0 Å². The van der Waals surface area contributed by atoms with Gasteiger partial charge < -0.3 is 15.2 Å². The number of methoxy groups -OCH3 is 1. The molecule has 0 spiro atoms. The zero-order valence-corrected chi connectivity index (χ0v) is 22.7. The zero-order chi connectivity index (χ0) is 25.8. The lowest BCUT2D eigenvalue weighted by molar-refractivity contribution is -0.127. The molecule has 0 bridgehead atoms. The van der Waals surface area contributed by atoms with Gasteiger partial charge in [-0.25, -0.2) is 0 Å². The van der Waals surface area contributed by atoms with E-state index in [0.717, 1.165) is 72.2 Å². The van der Waals surface area contributed by atoms with Gasteiger partial charge in [0.1, 0.15) is 5.75 Å². The highest BCUT2D eigenvalue weighted by atomic mass is 32.1. The van der Waals surface area contributed by atoms with Crippen LogP contribution in [0.1, 0.15) is 80.0 Å². The molecule has 1 aromatic heterocycles. The molecule has 2 aliphatic rings. The molecule has 1 heterocycles. The van der Waals surface area contributed by atoms with E-state index in [9.17, 15) is 9.90 Å². The Morgan fingerprint density at radius 1 is 1.08 bits per heavy atom. The molecule has 4 atom stereocenters. The average molecular weight is 519 g/mol. The summed E-state index contributed by atoms with van der Waals surface area (Å²) in [5.41, 5.74) is 5.38. The fraction of sp³-hybridized carbons (Fsp3) is 0.484. The Kier molecular flexibility index (Phi) is 8.26. The maximum absolute atomic E-state index is 13.4. The van der Waals surface area contributed by atoms with Crippen molar-refractivity contribution in [2.45, 2.75) is 76.4 Å². The van der Waals surface area contributed by atoms with E-state index >= 15 is 0 Å². The van der Waals surface area contributed by atoms with Crippen LogP contribution in [-0.4, -0.2) is 28.6 Å². The smallest absolute Gasteiger partial charge is 0.223 e.